The quantitative estimate of drug-likeness (QED) is 0.284. The summed E-state index contributed by atoms with van der Waals surface area (Å²) in [5.41, 5.74) is 3.10. The lowest BCUT2D eigenvalue weighted by Gasteiger charge is -2.05. The molecule has 0 aliphatic rings. The number of aromatic nitrogens is 1. The monoisotopic (exact) mass is 198 g/mol. The maximum atomic E-state index is 10.7. The van der Waals surface area contributed by atoms with Crippen molar-refractivity contribution >= 4 is 17.3 Å². The SMILES string of the molecule is NNC(=S)NCc1ccc(=O)[nH]c1. The molecule has 0 aliphatic carbocycles. The molecule has 0 bridgehead atoms. The molecule has 0 saturated carbocycles. The zero-order valence-electron chi connectivity index (χ0n) is 6.83. The van der Waals surface area contributed by atoms with Crippen LogP contribution >= 0.6 is 12.2 Å². The topological polar surface area (TPSA) is 82.9 Å². The van der Waals surface area contributed by atoms with Crippen LogP contribution in [0.2, 0.25) is 0 Å². The summed E-state index contributed by atoms with van der Waals surface area (Å²) < 4.78 is 0. The van der Waals surface area contributed by atoms with Gasteiger partial charge in [-0.1, -0.05) is 6.07 Å². The summed E-state index contributed by atoms with van der Waals surface area (Å²) in [6.45, 7) is 0.528. The molecule has 70 valence electrons. The molecule has 1 aromatic heterocycles. The van der Waals surface area contributed by atoms with Gasteiger partial charge in [-0.05, 0) is 17.8 Å². The number of hydrogen-bond donors (Lipinski definition) is 4. The third kappa shape index (κ3) is 3.22. The van der Waals surface area contributed by atoms with E-state index in [0.717, 1.165) is 5.56 Å². The van der Waals surface area contributed by atoms with Gasteiger partial charge < -0.3 is 15.7 Å². The maximum absolute atomic E-state index is 10.7. The van der Waals surface area contributed by atoms with E-state index >= 15 is 0 Å². The van der Waals surface area contributed by atoms with Crippen LogP contribution in [0.3, 0.4) is 0 Å². The molecular weight excluding hydrogens is 188 g/mol. The minimum absolute atomic E-state index is 0.122. The molecule has 1 rings (SSSR count). The molecule has 0 aromatic carbocycles. The Morgan fingerprint density at radius 3 is 2.92 bits per heavy atom. The van der Waals surface area contributed by atoms with Gasteiger partial charge in [0.05, 0.1) is 0 Å². The Morgan fingerprint density at radius 1 is 1.62 bits per heavy atom. The summed E-state index contributed by atoms with van der Waals surface area (Å²) in [7, 11) is 0. The highest BCUT2D eigenvalue weighted by atomic mass is 32.1. The first-order chi connectivity index (χ1) is 6.22. The lowest BCUT2D eigenvalue weighted by molar-refractivity contribution is 0.860. The Morgan fingerprint density at radius 2 is 2.38 bits per heavy atom. The number of thiocarbonyl (C=S) groups is 1. The number of nitrogens with one attached hydrogen (secondary N) is 3. The fourth-order valence-electron chi connectivity index (χ4n) is 0.786. The van der Waals surface area contributed by atoms with E-state index in [1.54, 1.807) is 12.3 Å². The third-order valence-corrected chi connectivity index (χ3v) is 1.69. The normalized spacial score (nSPS) is 9.31. The predicted molar refractivity (Wildman–Crippen MR) is 53.8 cm³/mol. The molecule has 13 heavy (non-hydrogen) atoms. The Balaban J connectivity index is 2.50. The average Bonchev–Trinajstić information content (AvgIpc) is 2.16. The zero-order valence-corrected chi connectivity index (χ0v) is 7.65. The van der Waals surface area contributed by atoms with Crippen LogP contribution in [0.15, 0.2) is 23.1 Å². The molecule has 0 unspecified atom stereocenters. The van der Waals surface area contributed by atoms with Crippen LogP contribution in [0, 0.1) is 0 Å². The first kappa shape index (κ1) is 9.69. The van der Waals surface area contributed by atoms with Gasteiger partial charge in [0.1, 0.15) is 0 Å². The van der Waals surface area contributed by atoms with E-state index in [0.29, 0.717) is 11.7 Å². The zero-order chi connectivity index (χ0) is 9.68. The molecular formula is C7H10N4OS. The largest absolute Gasteiger partial charge is 0.358 e. The standard InChI is InChI=1S/C7H10N4OS/c8-11-7(13)10-4-5-1-2-6(12)9-3-5/h1-3H,4,8H2,(H,9,12)(H2,10,11,13). The molecule has 0 fully saturated rings. The van der Waals surface area contributed by atoms with E-state index in [1.165, 1.54) is 6.07 Å². The first-order valence-corrected chi connectivity index (χ1v) is 4.05. The fraction of sp³-hybridized carbons (Fsp3) is 0.143. The molecule has 6 heteroatoms. The second-order valence-corrected chi connectivity index (χ2v) is 2.80. The Bertz CT molecular complexity index is 328. The van der Waals surface area contributed by atoms with Crippen molar-refractivity contribution in [3.8, 4) is 0 Å². The van der Waals surface area contributed by atoms with Gasteiger partial charge in [0, 0.05) is 18.8 Å². The second-order valence-electron chi connectivity index (χ2n) is 2.39. The minimum Gasteiger partial charge on any atom is -0.358 e. The van der Waals surface area contributed by atoms with E-state index in [-0.39, 0.29) is 5.56 Å². The number of hydrogen-bond acceptors (Lipinski definition) is 3. The van der Waals surface area contributed by atoms with Gasteiger partial charge in [0.25, 0.3) is 0 Å². The summed E-state index contributed by atoms with van der Waals surface area (Å²) >= 11 is 4.76. The Labute approximate surface area is 80.3 Å². The van der Waals surface area contributed by atoms with E-state index in [4.69, 9.17) is 18.1 Å². The van der Waals surface area contributed by atoms with Gasteiger partial charge in [0.15, 0.2) is 5.11 Å². The average molecular weight is 198 g/mol. The van der Waals surface area contributed by atoms with Crippen molar-refractivity contribution < 1.29 is 0 Å². The summed E-state index contributed by atoms with van der Waals surface area (Å²) in [5, 5.41) is 3.21. The van der Waals surface area contributed by atoms with Gasteiger partial charge in [-0.3, -0.25) is 4.79 Å². The smallest absolute Gasteiger partial charge is 0.247 e. The molecule has 0 aliphatic heterocycles. The third-order valence-electron chi connectivity index (χ3n) is 1.43. The van der Waals surface area contributed by atoms with Crippen LogP contribution < -0.4 is 22.1 Å². The van der Waals surface area contributed by atoms with Gasteiger partial charge in [0.2, 0.25) is 5.56 Å². The molecule has 5 nitrogen and oxygen atoms in total. The molecule has 5 N–H and O–H groups in total. The summed E-state index contributed by atoms with van der Waals surface area (Å²) in [6.07, 6.45) is 1.62. The molecule has 1 heterocycles. The van der Waals surface area contributed by atoms with Crippen molar-refractivity contribution in [2.75, 3.05) is 0 Å². The van der Waals surface area contributed by atoms with Gasteiger partial charge in [-0.2, -0.15) is 0 Å². The number of hydrazine groups is 1. The van der Waals surface area contributed by atoms with Gasteiger partial charge >= 0.3 is 0 Å². The van der Waals surface area contributed by atoms with Crippen molar-refractivity contribution in [3.05, 3.63) is 34.2 Å². The predicted octanol–water partition coefficient (Wildman–Crippen LogP) is -0.787. The summed E-state index contributed by atoms with van der Waals surface area (Å²) in [6, 6.07) is 3.17. The highest BCUT2D eigenvalue weighted by Gasteiger charge is 1.93. The molecule has 0 amide bonds. The van der Waals surface area contributed by atoms with Crippen LogP contribution in [-0.4, -0.2) is 10.1 Å². The lowest BCUT2D eigenvalue weighted by atomic mass is 10.3. The Kier molecular flexibility index (Phi) is 3.41. The molecule has 0 atom stereocenters. The number of aromatic amines is 1. The number of pyridine rings is 1. The maximum Gasteiger partial charge on any atom is 0.247 e. The number of nitrogens with two attached hydrogens (primary N) is 1. The molecule has 0 saturated heterocycles. The van der Waals surface area contributed by atoms with Gasteiger partial charge in [-0.15, -0.1) is 0 Å². The number of rotatable bonds is 2. The van der Waals surface area contributed by atoms with E-state index in [9.17, 15) is 4.79 Å². The van der Waals surface area contributed by atoms with Crippen LogP contribution in [-0.2, 0) is 6.54 Å². The van der Waals surface area contributed by atoms with Crippen molar-refractivity contribution in [1.82, 2.24) is 15.7 Å². The second kappa shape index (κ2) is 4.58. The van der Waals surface area contributed by atoms with E-state index in [2.05, 4.69) is 15.7 Å². The minimum atomic E-state index is -0.122. The van der Waals surface area contributed by atoms with E-state index < -0.39 is 0 Å². The summed E-state index contributed by atoms with van der Waals surface area (Å²) in [5.74, 6) is 5.05. The van der Waals surface area contributed by atoms with Gasteiger partial charge in [-0.25, -0.2) is 5.84 Å². The highest BCUT2D eigenvalue weighted by molar-refractivity contribution is 7.80. The van der Waals surface area contributed by atoms with Crippen LogP contribution in [0.4, 0.5) is 0 Å². The van der Waals surface area contributed by atoms with Crippen LogP contribution in [0.25, 0.3) is 0 Å². The fourth-order valence-corrected chi connectivity index (χ4v) is 0.858. The van der Waals surface area contributed by atoms with Crippen molar-refractivity contribution in [1.29, 1.82) is 0 Å². The molecule has 1 aromatic rings. The first-order valence-electron chi connectivity index (χ1n) is 3.64. The highest BCUT2D eigenvalue weighted by Crippen LogP contribution is 1.90. The van der Waals surface area contributed by atoms with E-state index in [1.807, 2.05) is 0 Å². The summed E-state index contributed by atoms with van der Waals surface area (Å²) in [4.78, 5) is 13.2. The van der Waals surface area contributed by atoms with Crippen molar-refractivity contribution in [2.24, 2.45) is 5.84 Å². The molecule has 0 spiro atoms. The van der Waals surface area contributed by atoms with Crippen molar-refractivity contribution in [3.63, 3.8) is 0 Å². The molecule has 0 radical (unpaired) electrons. The lowest BCUT2D eigenvalue weighted by Crippen LogP contribution is -2.39. The van der Waals surface area contributed by atoms with Crippen LogP contribution in [0.5, 0.6) is 0 Å². The van der Waals surface area contributed by atoms with Crippen molar-refractivity contribution in [2.45, 2.75) is 6.54 Å². The Hall–Kier alpha value is -1.40. The van der Waals surface area contributed by atoms with Crippen LogP contribution in [0.1, 0.15) is 5.56 Å². The number of H-pyrrole nitrogens is 1.